The Morgan fingerprint density at radius 3 is 2.66 bits per heavy atom. The van der Waals surface area contributed by atoms with Crippen molar-refractivity contribution in [1.82, 2.24) is 10.2 Å². The van der Waals surface area contributed by atoms with E-state index in [0.717, 1.165) is 64.7 Å². The van der Waals surface area contributed by atoms with Crippen molar-refractivity contribution in [2.45, 2.75) is 26.2 Å². The molecule has 1 aromatic carbocycles. The Kier molecular flexibility index (Phi) is 14.0. The number of likely N-dealkylation sites (N-methyl/N-ethyl adjacent to an activating group) is 1. The second-order valence-electron chi connectivity index (χ2n) is 6.94. The Bertz CT molecular complexity index is 569. The first-order valence-corrected chi connectivity index (χ1v) is 10.2. The summed E-state index contributed by atoms with van der Waals surface area (Å²) in [7, 11) is 1.98. The fraction of sp³-hybridized carbons (Fsp3) is 0.667. The van der Waals surface area contributed by atoms with Crippen molar-refractivity contribution in [3.05, 3.63) is 30.1 Å². The maximum atomic E-state index is 12.9. The largest absolute Gasteiger partial charge is 0.492 e. The lowest BCUT2D eigenvalue weighted by atomic mass is 10.0. The number of guanidine groups is 1. The molecular formula is C21H35FIN3O3. The summed E-state index contributed by atoms with van der Waals surface area (Å²) in [6.45, 7) is 8.05. The van der Waals surface area contributed by atoms with E-state index < -0.39 is 0 Å². The molecular weight excluding hydrogens is 488 g/mol. The van der Waals surface area contributed by atoms with E-state index in [9.17, 15) is 4.39 Å². The number of nitrogens with one attached hydrogen (secondary N) is 1. The van der Waals surface area contributed by atoms with E-state index in [1.807, 2.05) is 11.9 Å². The fourth-order valence-corrected chi connectivity index (χ4v) is 2.92. The minimum atomic E-state index is -0.261. The van der Waals surface area contributed by atoms with Gasteiger partial charge in [0.15, 0.2) is 5.96 Å². The van der Waals surface area contributed by atoms with Crippen LogP contribution in [-0.2, 0) is 9.47 Å². The summed E-state index contributed by atoms with van der Waals surface area (Å²) in [6, 6.07) is 6.06. The molecule has 0 aliphatic carbocycles. The van der Waals surface area contributed by atoms with Gasteiger partial charge in [-0.3, -0.25) is 4.99 Å². The Balaban J connectivity index is 0.00000420. The number of benzene rings is 1. The van der Waals surface area contributed by atoms with Crippen molar-refractivity contribution in [1.29, 1.82) is 0 Å². The van der Waals surface area contributed by atoms with Crippen LogP contribution in [0.3, 0.4) is 0 Å². The topological polar surface area (TPSA) is 55.3 Å². The van der Waals surface area contributed by atoms with Gasteiger partial charge < -0.3 is 24.4 Å². The average Bonchev–Trinajstić information content (AvgIpc) is 2.72. The predicted molar refractivity (Wildman–Crippen MR) is 125 cm³/mol. The zero-order valence-corrected chi connectivity index (χ0v) is 19.9. The summed E-state index contributed by atoms with van der Waals surface area (Å²) in [6.07, 6.45) is 3.11. The normalized spacial score (nSPS) is 14.9. The van der Waals surface area contributed by atoms with Crippen LogP contribution in [0.5, 0.6) is 5.75 Å². The van der Waals surface area contributed by atoms with Gasteiger partial charge in [0.05, 0.1) is 6.54 Å². The zero-order chi connectivity index (χ0) is 20.0. The van der Waals surface area contributed by atoms with Crippen LogP contribution in [0.2, 0.25) is 0 Å². The number of hydrogen-bond donors (Lipinski definition) is 1. The molecule has 0 spiro atoms. The molecule has 0 amide bonds. The molecule has 8 heteroatoms. The Morgan fingerprint density at radius 1 is 1.24 bits per heavy atom. The molecule has 1 aliphatic heterocycles. The number of rotatable bonds is 11. The van der Waals surface area contributed by atoms with Gasteiger partial charge in [-0.2, -0.15) is 0 Å². The molecule has 0 radical (unpaired) electrons. The van der Waals surface area contributed by atoms with Crippen molar-refractivity contribution in [3.8, 4) is 5.75 Å². The van der Waals surface area contributed by atoms with E-state index in [1.165, 1.54) is 12.1 Å². The number of aliphatic imine (C=N–C) groups is 1. The van der Waals surface area contributed by atoms with Crippen LogP contribution < -0.4 is 10.1 Å². The van der Waals surface area contributed by atoms with Crippen LogP contribution >= 0.6 is 24.0 Å². The van der Waals surface area contributed by atoms with E-state index in [1.54, 1.807) is 12.1 Å². The molecule has 166 valence electrons. The van der Waals surface area contributed by atoms with Crippen LogP contribution in [0.25, 0.3) is 0 Å². The van der Waals surface area contributed by atoms with E-state index in [4.69, 9.17) is 14.2 Å². The smallest absolute Gasteiger partial charge is 0.193 e. The van der Waals surface area contributed by atoms with Gasteiger partial charge in [0.2, 0.25) is 0 Å². The highest BCUT2D eigenvalue weighted by Gasteiger charge is 2.13. The third-order valence-electron chi connectivity index (χ3n) is 4.61. The standard InChI is InChI=1S/C21H34FN3O3.HI/c1-3-23-21(24-11-4-13-27-17-18-9-14-26-15-10-18)25(2)12-16-28-20-7-5-19(22)6-8-20;/h5-8,18H,3-4,9-17H2,1-2H3,(H,23,24);1H. The van der Waals surface area contributed by atoms with Gasteiger partial charge in [0, 0.05) is 46.6 Å². The SMILES string of the molecule is CCNC(=NCCCOCC1CCOCC1)N(C)CCOc1ccc(F)cc1.I. The van der Waals surface area contributed by atoms with Crippen LogP contribution in [0.1, 0.15) is 26.2 Å². The van der Waals surface area contributed by atoms with Gasteiger partial charge in [0.25, 0.3) is 0 Å². The lowest BCUT2D eigenvalue weighted by Gasteiger charge is -2.22. The molecule has 1 saturated heterocycles. The Morgan fingerprint density at radius 2 is 1.97 bits per heavy atom. The van der Waals surface area contributed by atoms with E-state index >= 15 is 0 Å². The van der Waals surface area contributed by atoms with E-state index in [-0.39, 0.29) is 29.8 Å². The quantitative estimate of drug-likeness (QED) is 0.208. The number of nitrogens with zero attached hydrogens (tertiary/aromatic N) is 2. The Labute approximate surface area is 191 Å². The molecule has 29 heavy (non-hydrogen) atoms. The van der Waals surface area contributed by atoms with E-state index in [2.05, 4.69) is 17.2 Å². The highest BCUT2D eigenvalue weighted by molar-refractivity contribution is 14.0. The number of ether oxygens (including phenoxy) is 3. The first-order chi connectivity index (χ1) is 13.7. The summed E-state index contributed by atoms with van der Waals surface area (Å²) in [5.41, 5.74) is 0. The van der Waals surface area contributed by atoms with Crippen molar-refractivity contribution in [2.75, 3.05) is 59.7 Å². The van der Waals surface area contributed by atoms with E-state index in [0.29, 0.717) is 24.8 Å². The molecule has 1 heterocycles. The minimum Gasteiger partial charge on any atom is -0.492 e. The van der Waals surface area contributed by atoms with Gasteiger partial charge in [0.1, 0.15) is 18.2 Å². The minimum absolute atomic E-state index is 0. The number of halogens is 2. The Hall–Kier alpha value is -1.13. The lowest BCUT2D eigenvalue weighted by molar-refractivity contribution is 0.0205. The fourth-order valence-electron chi connectivity index (χ4n) is 2.92. The molecule has 0 atom stereocenters. The monoisotopic (exact) mass is 523 g/mol. The van der Waals surface area contributed by atoms with Gasteiger partial charge in [-0.25, -0.2) is 4.39 Å². The average molecular weight is 523 g/mol. The van der Waals surface area contributed by atoms with Gasteiger partial charge in [-0.1, -0.05) is 0 Å². The van der Waals surface area contributed by atoms with Crippen LogP contribution in [0.15, 0.2) is 29.3 Å². The van der Waals surface area contributed by atoms with Gasteiger partial charge in [-0.15, -0.1) is 24.0 Å². The predicted octanol–water partition coefficient (Wildman–Crippen LogP) is 3.55. The molecule has 1 N–H and O–H groups in total. The van der Waals surface area contributed by atoms with Crippen molar-refractivity contribution < 1.29 is 18.6 Å². The summed E-state index contributed by atoms with van der Waals surface area (Å²) >= 11 is 0. The number of hydrogen-bond acceptors (Lipinski definition) is 4. The van der Waals surface area contributed by atoms with Gasteiger partial charge in [-0.05, 0) is 56.4 Å². The molecule has 0 bridgehead atoms. The third kappa shape index (κ3) is 11.0. The molecule has 0 unspecified atom stereocenters. The van der Waals surface area contributed by atoms with Crippen LogP contribution in [0.4, 0.5) is 4.39 Å². The van der Waals surface area contributed by atoms with Crippen LogP contribution in [0, 0.1) is 11.7 Å². The molecule has 1 aromatic rings. The first-order valence-electron chi connectivity index (χ1n) is 10.2. The third-order valence-corrected chi connectivity index (χ3v) is 4.61. The van der Waals surface area contributed by atoms with Crippen LogP contribution in [-0.4, -0.2) is 70.6 Å². The van der Waals surface area contributed by atoms with Crippen molar-refractivity contribution >= 4 is 29.9 Å². The molecule has 0 saturated carbocycles. The van der Waals surface area contributed by atoms with Crippen molar-refractivity contribution in [2.24, 2.45) is 10.9 Å². The highest BCUT2D eigenvalue weighted by Crippen LogP contribution is 2.14. The molecule has 2 rings (SSSR count). The summed E-state index contributed by atoms with van der Waals surface area (Å²) in [4.78, 5) is 6.70. The maximum absolute atomic E-state index is 12.9. The zero-order valence-electron chi connectivity index (χ0n) is 17.6. The summed E-state index contributed by atoms with van der Waals surface area (Å²) < 4.78 is 29.7. The summed E-state index contributed by atoms with van der Waals surface area (Å²) in [5, 5.41) is 3.30. The van der Waals surface area contributed by atoms with Gasteiger partial charge >= 0.3 is 0 Å². The van der Waals surface area contributed by atoms with Crippen molar-refractivity contribution in [3.63, 3.8) is 0 Å². The summed E-state index contributed by atoms with van der Waals surface area (Å²) in [5.74, 6) is 1.90. The molecule has 1 fully saturated rings. The molecule has 1 aliphatic rings. The maximum Gasteiger partial charge on any atom is 0.193 e. The molecule has 6 nitrogen and oxygen atoms in total. The second kappa shape index (κ2) is 15.7. The lowest BCUT2D eigenvalue weighted by Crippen LogP contribution is -2.41. The molecule has 0 aromatic heterocycles. The second-order valence-corrected chi connectivity index (χ2v) is 6.94. The first kappa shape index (κ1) is 25.9. The highest BCUT2D eigenvalue weighted by atomic mass is 127.